The van der Waals surface area contributed by atoms with Gasteiger partial charge in [-0.3, -0.25) is 0 Å². The third-order valence-electron chi connectivity index (χ3n) is 1.43. The summed E-state index contributed by atoms with van der Waals surface area (Å²) in [6.07, 6.45) is 5.71. The van der Waals surface area contributed by atoms with Crippen LogP contribution in [0.1, 0.15) is 12.6 Å². The topological polar surface area (TPSA) is 47.3 Å². The van der Waals surface area contributed by atoms with Gasteiger partial charge in [0.05, 0.1) is 5.69 Å². The minimum Gasteiger partial charge on any atom is -0.446 e. The van der Waals surface area contributed by atoms with E-state index in [9.17, 15) is 0 Å². The zero-order chi connectivity index (χ0) is 9.52. The Kier molecular flexibility index (Phi) is 4.05. The van der Waals surface area contributed by atoms with Crippen molar-refractivity contribution in [1.82, 2.24) is 10.3 Å². The van der Waals surface area contributed by atoms with E-state index in [1.54, 1.807) is 6.26 Å². The maximum atomic E-state index is 5.18. The second kappa shape index (κ2) is 5.37. The molecule has 0 aliphatic rings. The van der Waals surface area contributed by atoms with Gasteiger partial charge in [-0.15, -0.1) is 0 Å². The van der Waals surface area contributed by atoms with Gasteiger partial charge in [0.1, 0.15) is 12.9 Å². The molecule has 0 aliphatic heterocycles. The summed E-state index contributed by atoms with van der Waals surface area (Å²) < 4.78 is 10.2. The lowest BCUT2D eigenvalue weighted by Crippen LogP contribution is -2.05. The molecule has 0 unspecified atom stereocenters. The molecule has 1 N–H and O–H groups in total. The summed E-state index contributed by atoms with van der Waals surface area (Å²) in [4.78, 5) is 4.09. The fraction of sp³-hybridized carbons (Fsp3) is 0.444. The second-order valence-electron chi connectivity index (χ2n) is 2.52. The van der Waals surface area contributed by atoms with Crippen LogP contribution in [0.5, 0.6) is 6.08 Å². The number of rotatable bonds is 5. The SMILES string of the molecule is C/C=C/COc1nc(CNC)co1. The van der Waals surface area contributed by atoms with Crippen LogP contribution in [0.3, 0.4) is 0 Å². The normalized spacial score (nSPS) is 10.9. The van der Waals surface area contributed by atoms with E-state index in [1.807, 2.05) is 26.1 Å². The van der Waals surface area contributed by atoms with Gasteiger partial charge in [0.25, 0.3) is 0 Å². The highest BCUT2D eigenvalue weighted by atomic mass is 16.6. The maximum Gasteiger partial charge on any atom is 0.394 e. The Labute approximate surface area is 77.6 Å². The summed E-state index contributed by atoms with van der Waals surface area (Å²) >= 11 is 0. The van der Waals surface area contributed by atoms with Crippen molar-refractivity contribution < 1.29 is 9.15 Å². The lowest BCUT2D eigenvalue weighted by atomic mass is 10.5. The summed E-state index contributed by atoms with van der Waals surface area (Å²) in [5.74, 6) is 0. The molecule has 72 valence electrons. The van der Waals surface area contributed by atoms with Crippen LogP contribution in [-0.4, -0.2) is 18.6 Å². The average Bonchev–Trinajstić information content (AvgIpc) is 2.54. The predicted molar refractivity (Wildman–Crippen MR) is 49.6 cm³/mol. The minimum absolute atomic E-state index is 0.323. The average molecular weight is 182 g/mol. The van der Waals surface area contributed by atoms with E-state index in [-0.39, 0.29) is 0 Å². The molecule has 0 aromatic carbocycles. The van der Waals surface area contributed by atoms with Gasteiger partial charge in [0.2, 0.25) is 0 Å². The first kappa shape index (κ1) is 9.80. The zero-order valence-electron chi connectivity index (χ0n) is 7.91. The van der Waals surface area contributed by atoms with Crippen molar-refractivity contribution in [3.63, 3.8) is 0 Å². The number of nitrogens with one attached hydrogen (secondary N) is 1. The van der Waals surface area contributed by atoms with Gasteiger partial charge in [-0.25, -0.2) is 0 Å². The molecular formula is C9H14N2O2. The van der Waals surface area contributed by atoms with Crippen molar-refractivity contribution in [3.05, 3.63) is 24.1 Å². The summed E-state index contributed by atoms with van der Waals surface area (Å²) in [7, 11) is 1.86. The number of allylic oxidation sites excluding steroid dienone is 1. The lowest BCUT2D eigenvalue weighted by Gasteiger charge is -1.93. The highest BCUT2D eigenvalue weighted by Crippen LogP contribution is 2.09. The van der Waals surface area contributed by atoms with Crippen LogP contribution in [0, 0.1) is 0 Å². The lowest BCUT2D eigenvalue weighted by molar-refractivity contribution is 0.258. The summed E-state index contributed by atoms with van der Waals surface area (Å²) in [5, 5.41) is 2.97. The third-order valence-corrected chi connectivity index (χ3v) is 1.43. The first-order valence-corrected chi connectivity index (χ1v) is 4.19. The van der Waals surface area contributed by atoms with Gasteiger partial charge in [-0.2, -0.15) is 4.98 Å². The van der Waals surface area contributed by atoms with E-state index in [4.69, 9.17) is 9.15 Å². The Hall–Kier alpha value is -1.29. The van der Waals surface area contributed by atoms with Gasteiger partial charge in [0, 0.05) is 6.54 Å². The van der Waals surface area contributed by atoms with Gasteiger partial charge in [-0.1, -0.05) is 12.2 Å². The van der Waals surface area contributed by atoms with E-state index in [1.165, 1.54) is 0 Å². The van der Waals surface area contributed by atoms with Crippen LogP contribution in [0.15, 0.2) is 22.8 Å². The quantitative estimate of drug-likeness (QED) is 0.698. The van der Waals surface area contributed by atoms with E-state index in [0.29, 0.717) is 19.2 Å². The van der Waals surface area contributed by atoms with Crippen molar-refractivity contribution in [2.75, 3.05) is 13.7 Å². The molecule has 1 aromatic heterocycles. The number of ether oxygens (including phenoxy) is 1. The number of hydrogen-bond acceptors (Lipinski definition) is 4. The molecule has 0 bridgehead atoms. The molecule has 1 heterocycles. The van der Waals surface area contributed by atoms with E-state index in [0.717, 1.165) is 5.69 Å². The summed E-state index contributed by atoms with van der Waals surface area (Å²) in [6, 6.07) is 0. The predicted octanol–water partition coefficient (Wildman–Crippen LogP) is 1.35. The molecule has 0 spiro atoms. The molecule has 1 aromatic rings. The number of aromatic nitrogens is 1. The Morgan fingerprint density at radius 2 is 2.54 bits per heavy atom. The van der Waals surface area contributed by atoms with Crippen LogP contribution in [0.25, 0.3) is 0 Å². The van der Waals surface area contributed by atoms with E-state index in [2.05, 4.69) is 10.3 Å². The van der Waals surface area contributed by atoms with Crippen LogP contribution in [0.2, 0.25) is 0 Å². The van der Waals surface area contributed by atoms with Crippen LogP contribution >= 0.6 is 0 Å². The maximum absolute atomic E-state index is 5.18. The Bertz CT molecular complexity index is 268. The van der Waals surface area contributed by atoms with Crippen LogP contribution < -0.4 is 10.1 Å². The van der Waals surface area contributed by atoms with E-state index < -0.39 is 0 Å². The third kappa shape index (κ3) is 3.29. The van der Waals surface area contributed by atoms with Crippen LogP contribution in [-0.2, 0) is 6.54 Å². The first-order chi connectivity index (χ1) is 6.36. The summed E-state index contributed by atoms with van der Waals surface area (Å²) in [5.41, 5.74) is 0.845. The fourth-order valence-corrected chi connectivity index (χ4v) is 0.833. The largest absolute Gasteiger partial charge is 0.446 e. The van der Waals surface area contributed by atoms with E-state index >= 15 is 0 Å². The monoisotopic (exact) mass is 182 g/mol. The highest BCUT2D eigenvalue weighted by Gasteiger charge is 2.02. The van der Waals surface area contributed by atoms with Gasteiger partial charge < -0.3 is 14.5 Å². The Balaban J connectivity index is 2.39. The van der Waals surface area contributed by atoms with Crippen molar-refractivity contribution in [2.45, 2.75) is 13.5 Å². The zero-order valence-corrected chi connectivity index (χ0v) is 7.91. The van der Waals surface area contributed by atoms with Gasteiger partial charge in [-0.05, 0) is 14.0 Å². The van der Waals surface area contributed by atoms with Crippen molar-refractivity contribution in [3.8, 4) is 6.08 Å². The molecule has 0 aliphatic carbocycles. The Morgan fingerprint density at radius 3 is 3.23 bits per heavy atom. The fourth-order valence-electron chi connectivity index (χ4n) is 0.833. The first-order valence-electron chi connectivity index (χ1n) is 4.19. The summed E-state index contributed by atoms with van der Waals surface area (Å²) in [6.45, 7) is 3.12. The molecule has 0 saturated heterocycles. The molecule has 4 nitrogen and oxygen atoms in total. The minimum atomic E-state index is 0.323. The Morgan fingerprint density at radius 1 is 1.69 bits per heavy atom. The molecule has 0 radical (unpaired) electrons. The molecular weight excluding hydrogens is 168 g/mol. The standard InChI is InChI=1S/C9H14N2O2/c1-3-4-5-12-9-11-8(6-10-2)7-13-9/h3-4,7,10H,5-6H2,1-2H3/b4-3+. The second-order valence-corrected chi connectivity index (χ2v) is 2.52. The molecule has 1 rings (SSSR count). The highest BCUT2D eigenvalue weighted by molar-refractivity contribution is 4.99. The van der Waals surface area contributed by atoms with Crippen molar-refractivity contribution >= 4 is 0 Å². The number of nitrogens with zero attached hydrogens (tertiary/aromatic N) is 1. The number of oxazole rings is 1. The molecule has 0 amide bonds. The van der Waals surface area contributed by atoms with Crippen molar-refractivity contribution in [2.24, 2.45) is 0 Å². The molecule has 0 saturated carbocycles. The molecule has 4 heteroatoms. The van der Waals surface area contributed by atoms with Crippen molar-refractivity contribution in [1.29, 1.82) is 0 Å². The molecule has 0 fully saturated rings. The smallest absolute Gasteiger partial charge is 0.394 e. The van der Waals surface area contributed by atoms with Crippen LogP contribution in [0.4, 0.5) is 0 Å². The molecule has 13 heavy (non-hydrogen) atoms. The number of hydrogen-bond donors (Lipinski definition) is 1. The molecule has 0 atom stereocenters. The van der Waals surface area contributed by atoms with Gasteiger partial charge in [0.15, 0.2) is 0 Å². The van der Waals surface area contributed by atoms with Gasteiger partial charge >= 0.3 is 6.08 Å².